The average molecular weight is 334 g/mol. The van der Waals surface area contributed by atoms with Crippen LogP contribution < -0.4 is 10.1 Å². The highest BCUT2D eigenvalue weighted by molar-refractivity contribution is 6.31. The number of amides is 1. The van der Waals surface area contributed by atoms with E-state index in [4.69, 9.17) is 16.3 Å². The number of hydrogen-bond donors (Lipinski definition) is 1. The molecule has 2 aromatic carbocycles. The van der Waals surface area contributed by atoms with Crippen LogP contribution in [0.15, 0.2) is 36.4 Å². The highest BCUT2D eigenvalue weighted by atomic mass is 35.5. The van der Waals surface area contributed by atoms with E-state index in [-0.39, 0.29) is 6.61 Å². The van der Waals surface area contributed by atoms with E-state index in [1.807, 2.05) is 19.1 Å². The summed E-state index contributed by atoms with van der Waals surface area (Å²) in [5.74, 6) is 0.797. The summed E-state index contributed by atoms with van der Waals surface area (Å²) in [4.78, 5) is 11.4. The van der Waals surface area contributed by atoms with E-state index < -0.39 is 6.09 Å². The molecule has 1 N–H and O–H groups in total. The maximum atomic E-state index is 11.4. The third kappa shape index (κ3) is 4.39. The first kappa shape index (κ1) is 17.2. The molecule has 0 heterocycles. The number of methoxy groups -OCH3 is 1. The van der Waals surface area contributed by atoms with Crippen LogP contribution in [0.1, 0.15) is 23.6 Å². The normalized spacial score (nSPS) is 10.3. The molecule has 122 valence electrons. The van der Waals surface area contributed by atoms with Crippen molar-refractivity contribution in [1.29, 1.82) is 0 Å². The smallest absolute Gasteiger partial charge is 0.411 e. The summed E-state index contributed by atoms with van der Waals surface area (Å²) in [6, 6.07) is 11.4. The summed E-state index contributed by atoms with van der Waals surface area (Å²) in [5.41, 5.74) is 3.62. The second kappa shape index (κ2) is 7.88. The van der Waals surface area contributed by atoms with Crippen LogP contribution >= 0.6 is 11.6 Å². The Hall–Kier alpha value is -2.20. The molecular weight excluding hydrogens is 314 g/mol. The molecule has 0 aliphatic heterocycles. The fourth-order valence-electron chi connectivity index (χ4n) is 2.23. The lowest BCUT2D eigenvalue weighted by Crippen LogP contribution is -2.13. The predicted molar refractivity (Wildman–Crippen MR) is 92.4 cm³/mol. The number of ether oxygens (including phenoxy) is 2. The lowest BCUT2D eigenvalue weighted by Gasteiger charge is -2.15. The summed E-state index contributed by atoms with van der Waals surface area (Å²) in [5, 5.41) is 3.17. The van der Waals surface area contributed by atoms with Gasteiger partial charge in [-0.15, -0.1) is 0 Å². The quantitative estimate of drug-likeness (QED) is 0.840. The van der Waals surface area contributed by atoms with Crippen LogP contribution in [-0.4, -0.2) is 13.2 Å². The summed E-state index contributed by atoms with van der Waals surface area (Å²) < 4.78 is 10.5. The van der Waals surface area contributed by atoms with Crippen LogP contribution in [0.3, 0.4) is 0 Å². The van der Waals surface area contributed by atoms with Gasteiger partial charge in [-0.3, -0.25) is 5.32 Å². The van der Waals surface area contributed by atoms with E-state index in [1.54, 1.807) is 18.2 Å². The number of halogens is 1. The first-order valence-electron chi connectivity index (χ1n) is 7.39. The van der Waals surface area contributed by atoms with Crippen LogP contribution in [0.5, 0.6) is 5.75 Å². The van der Waals surface area contributed by atoms with Gasteiger partial charge in [0, 0.05) is 10.6 Å². The molecule has 0 bridgehead atoms. The Labute approximate surface area is 141 Å². The van der Waals surface area contributed by atoms with Gasteiger partial charge in [0.15, 0.2) is 0 Å². The number of hydrogen-bond acceptors (Lipinski definition) is 3. The van der Waals surface area contributed by atoms with E-state index >= 15 is 0 Å². The van der Waals surface area contributed by atoms with Crippen molar-refractivity contribution >= 4 is 23.4 Å². The van der Waals surface area contributed by atoms with Crippen molar-refractivity contribution < 1.29 is 14.3 Å². The molecule has 0 spiro atoms. The van der Waals surface area contributed by atoms with Crippen molar-refractivity contribution in [3.05, 3.63) is 58.1 Å². The molecule has 0 aliphatic carbocycles. The van der Waals surface area contributed by atoms with Gasteiger partial charge >= 0.3 is 6.09 Å². The standard InChI is InChI=1S/C18H20ClNO3/c1-4-13-8-9-17(12(2)10-13)23-11-14-15(19)6-5-7-16(14)20-18(21)22-3/h5-10H,4,11H2,1-3H3,(H,20,21). The molecule has 2 rings (SSSR count). The van der Waals surface area contributed by atoms with Gasteiger partial charge in [-0.25, -0.2) is 4.79 Å². The van der Waals surface area contributed by atoms with Gasteiger partial charge in [0.25, 0.3) is 0 Å². The molecule has 4 nitrogen and oxygen atoms in total. The van der Waals surface area contributed by atoms with Crippen LogP contribution in [0, 0.1) is 6.92 Å². The van der Waals surface area contributed by atoms with Gasteiger partial charge < -0.3 is 9.47 Å². The van der Waals surface area contributed by atoms with E-state index in [2.05, 4.69) is 23.0 Å². The van der Waals surface area contributed by atoms with Crippen molar-refractivity contribution in [3.8, 4) is 5.75 Å². The van der Waals surface area contributed by atoms with E-state index in [0.717, 1.165) is 17.7 Å². The molecule has 0 saturated heterocycles. The Kier molecular flexibility index (Phi) is 5.88. The third-order valence-electron chi connectivity index (χ3n) is 3.56. The largest absolute Gasteiger partial charge is 0.488 e. The summed E-state index contributed by atoms with van der Waals surface area (Å²) in [6.45, 7) is 4.38. The first-order chi connectivity index (χ1) is 11.0. The second-order valence-corrected chi connectivity index (χ2v) is 5.53. The first-order valence-corrected chi connectivity index (χ1v) is 7.77. The summed E-state index contributed by atoms with van der Waals surface area (Å²) in [6.07, 6.45) is 0.441. The Balaban J connectivity index is 2.18. The molecule has 0 unspecified atom stereocenters. The number of rotatable bonds is 5. The van der Waals surface area contributed by atoms with Crippen LogP contribution in [0.2, 0.25) is 5.02 Å². The summed E-state index contributed by atoms with van der Waals surface area (Å²) in [7, 11) is 1.31. The fraction of sp³-hybridized carbons (Fsp3) is 0.278. The number of aryl methyl sites for hydroxylation is 2. The van der Waals surface area contributed by atoms with Gasteiger partial charge in [-0.1, -0.05) is 36.7 Å². The van der Waals surface area contributed by atoms with Crippen molar-refractivity contribution in [2.75, 3.05) is 12.4 Å². The minimum atomic E-state index is -0.544. The van der Waals surface area contributed by atoms with Crippen LogP contribution in [-0.2, 0) is 17.8 Å². The molecule has 0 aliphatic rings. The van der Waals surface area contributed by atoms with E-state index in [1.165, 1.54) is 12.7 Å². The SMILES string of the molecule is CCc1ccc(OCc2c(Cl)cccc2NC(=O)OC)c(C)c1. The highest BCUT2D eigenvalue weighted by Gasteiger charge is 2.11. The average Bonchev–Trinajstić information content (AvgIpc) is 2.55. The Morgan fingerprint density at radius 1 is 1.26 bits per heavy atom. The minimum absolute atomic E-state index is 0.255. The van der Waals surface area contributed by atoms with Crippen molar-refractivity contribution in [3.63, 3.8) is 0 Å². The van der Waals surface area contributed by atoms with Crippen molar-refractivity contribution in [2.24, 2.45) is 0 Å². The fourth-order valence-corrected chi connectivity index (χ4v) is 2.46. The monoisotopic (exact) mass is 333 g/mol. The molecule has 0 aromatic heterocycles. The van der Waals surface area contributed by atoms with Crippen molar-refractivity contribution in [1.82, 2.24) is 0 Å². The zero-order chi connectivity index (χ0) is 16.8. The maximum Gasteiger partial charge on any atom is 0.411 e. The van der Waals surface area contributed by atoms with Crippen LogP contribution in [0.4, 0.5) is 10.5 Å². The van der Waals surface area contributed by atoms with Gasteiger partial charge in [0.2, 0.25) is 0 Å². The number of carbonyl (C=O) groups excluding carboxylic acids is 1. The van der Waals surface area contributed by atoms with Gasteiger partial charge in [0.05, 0.1) is 12.8 Å². The van der Waals surface area contributed by atoms with Crippen molar-refractivity contribution in [2.45, 2.75) is 26.9 Å². The molecule has 0 radical (unpaired) electrons. The molecule has 0 saturated carbocycles. The molecule has 1 amide bonds. The number of carbonyl (C=O) groups is 1. The maximum absolute atomic E-state index is 11.4. The van der Waals surface area contributed by atoms with E-state index in [9.17, 15) is 4.79 Å². The summed E-state index contributed by atoms with van der Waals surface area (Å²) >= 11 is 6.24. The molecule has 2 aromatic rings. The van der Waals surface area contributed by atoms with Gasteiger partial charge in [0.1, 0.15) is 12.4 Å². The topological polar surface area (TPSA) is 47.6 Å². The Morgan fingerprint density at radius 2 is 2.04 bits per heavy atom. The third-order valence-corrected chi connectivity index (χ3v) is 3.91. The number of benzene rings is 2. The lowest BCUT2D eigenvalue weighted by molar-refractivity contribution is 0.187. The van der Waals surface area contributed by atoms with Crippen LogP contribution in [0.25, 0.3) is 0 Å². The molecule has 5 heteroatoms. The zero-order valence-corrected chi connectivity index (χ0v) is 14.2. The second-order valence-electron chi connectivity index (χ2n) is 5.12. The minimum Gasteiger partial charge on any atom is -0.488 e. The van der Waals surface area contributed by atoms with Gasteiger partial charge in [-0.2, -0.15) is 0 Å². The lowest BCUT2D eigenvalue weighted by atomic mass is 10.1. The molecule has 0 atom stereocenters. The number of anilines is 1. The van der Waals surface area contributed by atoms with E-state index in [0.29, 0.717) is 16.3 Å². The van der Waals surface area contributed by atoms with Gasteiger partial charge in [-0.05, 0) is 42.7 Å². The highest BCUT2D eigenvalue weighted by Crippen LogP contribution is 2.27. The Bertz CT molecular complexity index is 701. The Morgan fingerprint density at radius 3 is 2.70 bits per heavy atom. The zero-order valence-electron chi connectivity index (χ0n) is 13.5. The molecule has 0 fully saturated rings. The molecule has 23 heavy (non-hydrogen) atoms. The number of nitrogens with one attached hydrogen (secondary N) is 1. The molecular formula is C18H20ClNO3. The predicted octanol–water partition coefficient (Wildman–Crippen LogP) is 4.97.